The zero-order chi connectivity index (χ0) is 17.1. The second-order valence-electron chi connectivity index (χ2n) is 5.06. The first-order valence-corrected chi connectivity index (χ1v) is 8.49. The van der Waals surface area contributed by atoms with Crippen molar-refractivity contribution in [2.24, 2.45) is 0 Å². The smallest absolute Gasteiger partial charge is 0.175 e. The maximum Gasteiger partial charge on any atom is 0.175 e. The summed E-state index contributed by atoms with van der Waals surface area (Å²) in [4.78, 5) is 4.49. The van der Waals surface area contributed by atoms with Gasteiger partial charge in [0.2, 0.25) is 0 Å². The maximum absolute atomic E-state index is 5.39. The number of nitrogens with zero attached hydrogens (tertiary/aromatic N) is 1. The molecule has 0 atom stereocenters. The fourth-order valence-corrected chi connectivity index (χ4v) is 3.34. The number of aryl methyl sites for hydroxylation is 1. The van der Waals surface area contributed by atoms with Gasteiger partial charge >= 0.3 is 0 Å². The zero-order valence-electron chi connectivity index (χ0n) is 13.5. The number of ether oxygens (including phenoxy) is 2. The summed E-state index contributed by atoms with van der Waals surface area (Å²) in [5.74, 6) is 1.38. The largest absolute Gasteiger partial charge is 0.497 e. The Morgan fingerprint density at radius 3 is 2.67 bits per heavy atom. The second-order valence-corrected chi connectivity index (χ2v) is 6.70. The molecule has 1 heterocycles. The molecule has 0 unspecified atom stereocenters. The van der Waals surface area contributed by atoms with E-state index in [2.05, 4.69) is 15.6 Å². The summed E-state index contributed by atoms with van der Waals surface area (Å²) in [5.41, 5.74) is 2.62. The molecule has 5 nitrogen and oxygen atoms in total. The first kappa shape index (κ1) is 16.5. The Labute approximate surface area is 149 Å². The van der Waals surface area contributed by atoms with Crippen molar-refractivity contribution < 1.29 is 9.47 Å². The van der Waals surface area contributed by atoms with E-state index in [9.17, 15) is 0 Å². The van der Waals surface area contributed by atoms with Crippen LogP contribution in [0.5, 0.6) is 11.5 Å². The number of thiocarbonyl (C=S) groups is 1. The Hall–Kier alpha value is -2.38. The molecule has 124 valence electrons. The number of hydrogen-bond acceptors (Lipinski definition) is 5. The number of hydrogen-bond donors (Lipinski definition) is 2. The van der Waals surface area contributed by atoms with Crippen LogP contribution in [0.4, 0.5) is 11.4 Å². The quantitative estimate of drug-likeness (QED) is 0.672. The van der Waals surface area contributed by atoms with Gasteiger partial charge in [-0.05, 0) is 49.5 Å². The maximum atomic E-state index is 5.39. The van der Waals surface area contributed by atoms with Gasteiger partial charge in [-0.2, -0.15) is 0 Å². The SMILES string of the molecule is COc1ccc(NC(=S)Nc2ccc3sc(C)nc3c2)c(OC)c1. The molecular formula is C17H17N3O2S2. The van der Waals surface area contributed by atoms with E-state index in [1.54, 1.807) is 31.6 Å². The van der Waals surface area contributed by atoms with Crippen LogP contribution in [0.25, 0.3) is 10.2 Å². The van der Waals surface area contributed by atoms with Crippen molar-refractivity contribution in [3.63, 3.8) is 0 Å². The lowest BCUT2D eigenvalue weighted by Gasteiger charge is -2.14. The minimum Gasteiger partial charge on any atom is -0.497 e. The molecule has 1 aromatic heterocycles. The highest BCUT2D eigenvalue weighted by atomic mass is 32.1. The van der Waals surface area contributed by atoms with Crippen molar-refractivity contribution >= 4 is 50.3 Å². The Balaban J connectivity index is 1.74. The van der Waals surface area contributed by atoms with Crippen molar-refractivity contribution in [3.05, 3.63) is 41.4 Å². The van der Waals surface area contributed by atoms with E-state index < -0.39 is 0 Å². The molecule has 0 aliphatic rings. The molecule has 3 aromatic rings. The molecule has 0 saturated carbocycles. The van der Waals surface area contributed by atoms with Crippen LogP contribution in [0, 0.1) is 6.92 Å². The van der Waals surface area contributed by atoms with E-state index in [1.807, 2.05) is 37.3 Å². The lowest BCUT2D eigenvalue weighted by atomic mass is 10.2. The van der Waals surface area contributed by atoms with Gasteiger partial charge in [-0.15, -0.1) is 11.3 Å². The number of anilines is 2. The first-order chi connectivity index (χ1) is 11.6. The van der Waals surface area contributed by atoms with Gasteiger partial charge in [0.05, 0.1) is 35.1 Å². The van der Waals surface area contributed by atoms with Crippen LogP contribution in [0.15, 0.2) is 36.4 Å². The Morgan fingerprint density at radius 1 is 1.08 bits per heavy atom. The molecule has 0 fully saturated rings. The average molecular weight is 359 g/mol. The number of benzene rings is 2. The number of thiazole rings is 1. The van der Waals surface area contributed by atoms with Crippen LogP contribution in [0.2, 0.25) is 0 Å². The molecular weight excluding hydrogens is 342 g/mol. The highest BCUT2D eigenvalue weighted by molar-refractivity contribution is 7.80. The van der Waals surface area contributed by atoms with Gasteiger partial charge in [-0.3, -0.25) is 0 Å². The number of methoxy groups -OCH3 is 2. The van der Waals surface area contributed by atoms with Gasteiger partial charge in [0.1, 0.15) is 11.5 Å². The van der Waals surface area contributed by atoms with Gasteiger partial charge in [0.25, 0.3) is 0 Å². The summed E-state index contributed by atoms with van der Waals surface area (Å²) in [6.45, 7) is 2.00. The van der Waals surface area contributed by atoms with Crippen LogP contribution in [-0.4, -0.2) is 24.3 Å². The van der Waals surface area contributed by atoms with Crippen molar-refractivity contribution in [1.29, 1.82) is 0 Å². The predicted octanol–water partition coefficient (Wildman–Crippen LogP) is 4.43. The third-order valence-electron chi connectivity index (χ3n) is 3.41. The fourth-order valence-electron chi connectivity index (χ4n) is 2.31. The lowest BCUT2D eigenvalue weighted by molar-refractivity contribution is 0.395. The summed E-state index contributed by atoms with van der Waals surface area (Å²) < 4.78 is 11.7. The van der Waals surface area contributed by atoms with E-state index in [0.717, 1.165) is 32.3 Å². The highest BCUT2D eigenvalue weighted by Gasteiger charge is 2.08. The summed E-state index contributed by atoms with van der Waals surface area (Å²) >= 11 is 7.06. The van der Waals surface area contributed by atoms with Crippen LogP contribution < -0.4 is 20.1 Å². The predicted molar refractivity (Wildman–Crippen MR) is 104 cm³/mol. The molecule has 2 N–H and O–H groups in total. The molecule has 0 radical (unpaired) electrons. The Kier molecular flexibility index (Phi) is 4.82. The zero-order valence-corrected chi connectivity index (χ0v) is 15.2. The molecule has 0 aliphatic carbocycles. The average Bonchev–Trinajstić information content (AvgIpc) is 2.94. The first-order valence-electron chi connectivity index (χ1n) is 7.26. The molecule has 3 rings (SSSR count). The van der Waals surface area contributed by atoms with Crippen LogP contribution in [-0.2, 0) is 0 Å². The normalized spacial score (nSPS) is 10.5. The number of aromatic nitrogens is 1. The molecule has 2 aromatic carbocycles. The topological polar surface area (TPSA) is 55.4 Å². The third kappa shape index (κ3) is 3.58. The Morgan fingerprint density at radius 2 is 1.92 bits per heavy atom. The Bertz CT molecular complexity index is 893. The minimum atomic E-state index is 0.477. The van der Waals surface area contributed by atoms with Crippen LogP contribution >= 0.6 is 23.6 Å². The molecule has 7 heteroatoms. The number of nitrogens with one attached hydrogen (secondary N) is 2. The second kappa shape index (κ2) is 7.02. The lowest BCUT2D eigenvalue weighted by Crippen LogP contribution is -2.19. The third-order valence-corrected chi connectivity index (χ3v) is 4.57. The van der Waals surface area contributed by atoms with Gasteiger partial charge in [-0.1, -0.05) is 0 Å². The molecule has 24 heavy (non-hydrogen) atoms. The summed E-state index contributed by atoms with van der Waals surface area (Å²) in [7, 11) is 3.22. The molecule has 0 amide bonds. The standard InChI is InChI=1S/C17H17N3O2S2/c1-10-18-14-8-11(4-7-16(14)24-10)19-17(23)20-13-6-5-12(21-2)9-15(13)22-3/h4-9H,1-3H3,(H2,19,20,23). The minimum absolute atomic E-state index is 0.477. The van der Waals surface area contributed by atoms with Gasteiger partial charge in [0.15, 0.2) is 5.11 Å². The van der Waals surface area contributed by atoms with E-state index >= 15 is 0 Å². The van der Waals surface area contributed by atoms with Crippen LogP contribution in [0.3, 0.4) is 0 Å². The van der Waals surface area contributed by atoms with E-state index in [-0.39, 0.29) is 0 Å². The monoisotopic (exact) mass is 359 g/mol. The molecule has 0 aliphatic heterocycles. The van der Waals surface area contributed by atoms with Gasteiger partial charge in [0, 0.05) is 11.8 Å². The highest BCUT2D eigenvalue weighted by Crippen LogP contribution is 2.29. The molecule has 0 saturated heterocycles. The molecule has 0 bridgehead atoms. The summed E-state index contributed by atoms with van der Waals surface area (Å²) in [6.07, 6.45) is 0. The van der Waals surface area contributed by atoms with Gasteiger partial charge < -0.3 is 20.1 Å². The number of rotatable bonds is 4. The van der Waals surface area contributed by atoms with E-state index in [0.29, 0.717) is 10.9 Å². The number of fused-ring (bicyclic) bond motifs is 1. The van der Waals surface area contributed by atoms with Gasteiger partial charge in [-0.25, -0.2) is 4.98 Å². The van der Waals surface area contributed by atoms with Crippen molar-refractivity contribution in [3.8, 4) is 11.5 Å². The fraction of sp³-hybridized carbons (Fsp3) is 0.176. The van der Waals surface area contributed by atoms with Crippen molar-refractivity contribution in [1.82, 2.24) is 4.98 Å². The summed E-state index contributed by atoms with van der Waals surface area (Å²) in [6, 6.07) is 11.5. The molecule has 0 spiro atoms. The summed E-state index contributed by atoms with van der Waals surface area (Å²) in [5, 5.41) is 7.83. The van der Waals surface area contributed by atoms with Crippen molar-refractivity contribution in [2.45, 2.75) is 6.92 Å². The van der Waals surface area contributed by atoms with Crippen LogP contribution in [0.1, 0.15) is 5.01 Å². The van der Waals surface area contributed by atoms with E-state index in [4.69, 9.17) is 21.7 Å². The van der Waals surface area contributed by atoms with Crippen molar-refractivity contribution in [2.75, 3.05) is 24.9 Å². The van der Waals surface area contributed by atoms with E-state index in [1.165, 1.54) is 0 Å².